The van der Waals surface area contributed by atoms with E-state index in [0.717, 1.165) is 6.42 Å². The fourth-order valence-electron chi connectivity index (χ4n) is 0.378. The van der Waals surface area contributed by atoms with E-state index in [2.05, 4.69) is 20.7 Å². The predicted molar refractivity (Wildman–Crippen MR) is 41.0 cm³/mol. The van der Waals surface area contributed by atoms with Gasteiger partial charge in [0.1, 0.15) is 6.61 Å². The van der Waals surface area contributed by atoms with Crippen molar-refractivity contribution in [2.45, 2.75) is 18.4 Å². The number of hydrogen-bond donors (Lipinski definition) is 0. The van der Waals surface area contributed by atoms with Crippen molar-refractivity contribution < 1.29 is 14.3 Å². The molecule has 1 atom stereocenters. The van der Waals surface area contributed by atoms with E-state index in [0.29, 0.717) is 0 Å². The number of alkyl halides is 1. The highest BCUT2D eigenvalue weighted by atomic mass is 79.9. The van der Waals surface area contributed by atoms with Gasteiger partial charge in [-0.25, -0.2) is 4.79 Å². The molecule has 0 aliphatic heterocycles. The lowest BCUT2D eigenvalue weighted by atomic mass is 10.5. The Hall–Kier alpha value is -0.0900. The van der Waals surface area contributed by atoms with Crippen molar-refractivity contribution >= 4 is 21.9 Å². The first-order valence-corrected chi connectivity index (χ1v) is 3.94. The standard InChI is InChI=1S/C6H11BrO3/c1-3-5(7)10-6(8)4-9-2/h5H,3-4H2,1-2H3. The van der Waals surface area contributed by atoms with E-state index < -0.39 is 0 Å². The van der Waals surface area contributed by atoms with Crippen LogP contribution < -0.4 is 0 Å². The Kier molecular flexibility index (Phi) is 5.63. The number of carbonyl (C=O) groups is 1. The first kappa shape index (κ1) is 9.91. The van der Waals surface area contributed by atoms with Crippen LogP contribution in [0.3, 0.4) is 0 Å². The molecule has 0 aliphatic carbocycles. The number of methoxy groups -OCH3 is 1. The minimum absolute atomic E-state index is 0.0160. The smallest absolute Gasteiger partial charge is 0.333 e. The normalized spacial score (nSPS) is 12.7. The zero-order valence-electron chi connectivity index (χ0n) is 6.09. The third-order valence-corrected chi connectivity index (χ3v) is 1.68. The Morgan fingerprint density at radius 2 is 2.30 bits per heavy atom. The summed E-state index contributed by atoms with van der Waals surface area (Å²) in [7, 11) is 1.45. The Bertz CT molecular complexity index is 105. The van der Waals surface area contributed by atoms with Crippen molar-refractivity contribution in [3.8, 4) is 0 Å². The van der Waals surface area contributed by atoms with Gasteiger partial charge in [0.05, 0.1) is 0 Å². The van der Waals surface area contributed by atoms with Crippen molar-refractivity contribution in [2.75, 3.05) is 13.7 Å². The summed E-state index contributed by atoms with van der Waals surface area (Å²) in [5.74, 6) is -0.341. The van der Waals surface area contributed by atoms with Crippen LogP contribution in [0.2, 0.25) is 0 Å². The second-order valence-corrected chi connectivity index (χ2v) is 2.76. The molecule has 0 aromatic heterocycles. The van der Waals surface area contributed by atoms with Gasteiger partial charge in [-0.3, -0.25) is 0 Å². The van der Waals surface area contributed by atoms with Crippen LogP contribution in [0.4, 0.5) is 0 Å². The van der Waals surface area contributed by atoms with E-state index in [4.69, 9.17) is 4.74 Å². The zero-order chi connectivity index (χ0) is 7.98. The second-order valence-electron chi connectivity index (χ2n) is 1.74. The van der Waals surface area contributed by atoms with Crippen LogP contribution in [0, 0.1) is 0 Å². The molecule has 0 fully saturated rings. The van der Waals surface area contributed by atoms with Gasteiger partial charge in [-0.1, -0.05) is 6.92 Å². The lowest BCUT2D eigenvalue weighted by Crippen LogP contribution is -2.15. The summed E-state index contributed by atoms with van der Waals surface area (Å²) in [5, 5.41) is -0.185. The molecule has 0 aromatic carbocycles. The highest BCUT2D eigenvalue weighted by molar-refractivity contribution is 9.09. The molecule has 0 rings (SSSR count). The SMILES string of the molecule is CCC(Br)OC(=O)COC. The van der Waals surface area contributed by atoms with Crippen LogP contribution in [0.25, 0.3) is 0 Å². The molecule has 0 N–H and O–H groups in total. The van der Waals surface area contributed by atoms with E-state index in [1.807, 2.05) is 6.92 Å². The Labute approximate surface area is 68.8 Å². The molecule has 0 heterocycles. The zero-order valence-corrected chi connectivity index (χ0v) is 7.68. The Balaban J connectivity index is 3.37. The van der Waals surface area contributed by atoms with E-state index in [1.54, 1.807) is 0 Å². The Morgan fingerprint density at radius 3 is 2.70 bits per heavy atom. The largest absolute Gasteiger partial charge is 0.449 e. The van der Waals surface area contributed by atoms with Crippen LogP contribution >= 0.6 is 15.9 Å². The Morgan fingerprint density at radius 1 is 1.70 bits per heavy atom. The van der Waals surface area contributed by atoms with E-state index in [1.165, 1.54) is 7.11 Å². The van der Waals surface area contributed by atoms with Crippen molar-refractivity contribution in [3.05, 3.63) is 0 Å². The van der Waals surface area contributed by atoms with Gasteiger partial charge < -0.3 is 9.47 Å². The molecular weight excluding hydrogens is 200 g/mol. The van der Waals surface area contributed by atoms with Crippen LogP contribution in [0.5, 0.6) is 0 Å². The molecular formula is C6H11BrO3. The molecule has 0 spiro atoms. The van der Waals surface area contributed by atoms with Gasteiger partial charge >= 0.3 is 5.97 Å². The van der Waals surface area contributed by atoms with Gasteiger partial charge in [0.2, 0.25) is 0 Å². The molecule has 0 amide bonds. The summed E-state index contributed by atoms with van der Waals surface area (Å²) in [5.41, 5.74) is 0. The predicted octanol–water partition coefficient (Wildman–Crippen LogP) is 1.31. The van der Waals surface area contributed by atoms with Gasteiger partial charge in [-0.15, -0.1) is 0 Å². The summed E-state index contributed by atoms with van der Waals surface area (Å²) < 4.78 is 9.35. The summed E-state index contributed by atoms with van der Waals surface area (Å²) in [4.78, 5) is 10.6. The fourth-order valence-corrected chi connectivity index (χ4v) is 0.586. The summed E-state index contributed by atoms with van der Waals surface area (Å²) in [6.07, 6.45) is 0.759. The van der Waals surface area contributed by atoms with Crippen LogP contribution in [0.15, 0.2) is 0 Å². The fraction of sp³-hybridized carbons (Fsp3) is 0.833. The van der Waals surface area contributed by atoms with E-state index in [-0.39, 0.29) is 17.6 Å². The summed E-state index contributed by atoms with van der Waals surface area (Å²) in [6, 6.07) is 0. The first-order valence-electron chi connectivity index (χ1n) is 3.03. The van der Waals surface area contributed by atoms with Crippen LogP contribution in [-0.2, 0) is 14.3 Å². The number of esters is 1. The molecule has 1 unspecified atom stereocenters. The quantitative estimate of drug-likeness (QED) is 0.519. The van der Waals surface area contributed by atoms with Gasteiger partial charge in [0.15, 0.2) is 5.01 Å². The molecule has 4 heteroatoms. The van der Waals surface area contributed by atoms with Crippen LogP contribution in [0.1, 0.15) is 13.3 Å². The molecule has 0 radical (unpaired) electrons. The molecule has 0 saturated carbocycles. The number of rotatable bonds is 4. The third-order valence-electron chi connectivity index (χ3n) is 0.842. The lowest BCUT2D eigenvalue weighted by Gasteiger charge is -2.07. The second kappa shape index (κ2) is 5.68. The molecule has 60 valence electrons. The average molecular weight is 211 g/mol. The minimum Gasteiger partial charge on any atom is -0.449 e. The maximum absolute atomic E-state index is 10.6. The van der Waals surface area contributed by atoms with Gasteiger partial charge in [0.25, 0.3) is 0 Å². The van der Waals surface area contributed by atoms with Gasteiger partial charge in [-0.05, 0) is 22.4 Å². The van der Waals surface area contributed by atoms with Gasteiger partial charge in [-0.2, -0.15) is 0 Å². The molecule has 3 nitrogen and oxygen atoms in total. The highest BCUT2D eigenvalue weighted by Crippen LogP contribution is 2.05. The van der Waals surface area contributed by atoms with Crippen molar-refractivity contribution in [2.24, 2.45) is 0 Å². The van der Waals surface area contributed by atoms with Crippen molar-refractivity contribution in [1.29, 1.82) is 0 Å². The van der Waals surface area contributed by atoms with Gasteiger partial charge in [0, 0.05) is 7.11 Å². The highest BCUT2D eigenvalue weighted by Gasteiger charge is 2.06. The minimum atomic E-state index is -0.341. The number of hydrogen-bond acceptors (Lipinski definition) is 3. The lowest BCUT2D eigenvalue weighted by molar-refractivity contribution is -0.149. The molecule has 10 heavy (non-hydrogen) atoms. The van der Waals surface area contributed by atoms with E-state index >= 15 is 0 Å². The average Bonchev–Trinajstić information content (AvgIpc) is 1.88. The topological polar surface area (TPSA) is 35.5 Å². The summed E-state index contributed by atoms with van der Waals surface area (Å²) >= 11 is 3.15. The maximum Gasteiger partial charge on any atom is 0.333 e. The monoisotopic (exact) mass is 210 g/mol. The molecule has 0 aromatic rings. The molecule has 0 aliphatic rings. The van der Waals surface area contributed by atoms with Crippen molar-refractivity contribution in [3.63, 3.8) is 0 Å². The third kappa shape index (κ3) is 4.76. The molecule has 0 bridgehead atoms. The number of halogens is 1. The van der Waals surface area contributed by atoms with Crippen molar-refractivity contribution in [1.82, 2.24) is 0 Å². The van der Waals surface area contributed by atoms with E-state index in [9.17, 15) is 4.79 Å². The molecule has 0 saturated heterocycles. The van der Waals surface area contributed by atoms with Crippen LogP contribution in [-0.4, -0.2) is 24.7 Å². The summed E-state index contributed by atoms with van der Waals surface area (Å²) in [6.45, 7) is 1.93. The maximum atomic E-state index is 10.6. The number of carbonyl (C=O) groups excluding carboxylic acids is 1. The number of ether oxygens (including phenoxy) is 2. The first-order chi connectivity index (χ1) is 4.70.